The molecule has 1 N–H and O–H groups in total. The van der Waals surface area contributed by atoms with Gasteiger partial charge in [0.15, 0.2) is 0 Å². The number of carboxylic acid groups (broad SMARTS) is 1. The molecule has 2 aromatic rings. The van der Waals surface area contributed by atoms with Crippen molar-refractivity contribution in [2.75, 3.05) is 5.75 Å². The molecule has 1 fully saturated rings. The molecule has 2 heterocycles. The number of rotatable bonds is 3. The smallest absolute Gasteiger partial charge is 0.337 e. The van der Waals surface area contributed by atoms with Gasteiger partial charge in [0, 0.05) is 11.3 Å². The number of aromatic carboxylic acids is 1. The monoisotopic (exact) mass is 290 g/mol. The van der Waals surface area contributed by atoms with Crippen LogP contribution < -0.4 is 0 Å². The fourth-order valence-corrected chi connectivity index (χ4v) is 4.25. The Bertz CT molecular complexity index is 672. The van der Waals surface area contributed by atoms with Crippen LogP contribution in [0.25, 0.3) is 11.0 Å². The van der Waals surface area contributed by atoms with Crippen molar-refractivity contribution >= 4 is 28.8 Å². The highest BCUT2D eigenvalue weighted by atomic mass is 32.2. The van der Waals surface area contributed by atoms with Crippen LogP contribution in [0.5, 0.6) is 0 Å². The zero-order chi connectivity index (χ0) is 14.3. The number of aryl methyl sites for hydroxylation is 1. The van der Waals surface area contributed by atoms with E-state index in [-0.39, 0.29) is 4.75 Å². The number of hydrogen-bond donors (Lipinski definition) is 1. The summed E-state index contributed by atoms with van der Waals surface area (Å²) in [6.45, 7) is 5.04. The summed E-state index contributed by atoms with van der Waals surface area (Å²) in [5.74, 6) is 1.19. The van der Waals surface area contributed by atoms with Gasteiger partial charge in [-0.25, -0.2) is 9.78 Å². The maximum atomic E-state index is 11.4. The Labute approximate surface area is 122 Å². The number of benzene rings is 1. The number of carbonyl (C=O) groups is 1. The van der Waals surface area contributed by atoms with Crippen molar-refractivity contribution in [1.29, 1.82) is 0 Å². The average molecular weight is 290 g/mol. The van der Waals surface area contributed by atoms with Crippen molar-refractivity contribution in [3.63, 3.8) is 0 Å². The lowest BCUT2D eigenvalue weighted by atomic mass is 10.1. The molecule has 1 saturated heterocycles. The van der Waals surface area contributed by atoms with E-state index in [4.69, 9.17) is 0 Å². The van der Waals surface area contributed by atoms with Crippen LogP contribution in [0, 0.1) is 6.92 Å². The minimum absolute atomic E-state index is 0.185. The van der Waals surface area contributed by atoms with Gasteiger partial charge in [0.05, 0.1) is 16.6 Å². The number of imidazole rings is 1. The molecule has 1 atom stereocenters. The summed E-state index contributed by atoms with van der Waals surface area (Å²) in [5, 5.41) is 9.40. The predicted octanol–water partition coefficient (Wildman–Crippen LogP) is 3.33. The molecule has 4 nitrogen and oxygen atoms in total. The van der Waals surface area contributed by atoms with E-state index in [1.54, 1.807) is 12.1 Å². The molecule has 0 aliphatic carbocycles. The maximum absolute atomic E-state index is 11.4. The number of para-hydroxylation sites is 1. The van der Waals surface area contributed by atoms with Gasteiger partial charge >= 0.3 is 5.97 Å². The lowest BCUT2D eigenvalue weighted by Gasteiger charge is -2.24. The third-order valence-corrected chi connectivity index (χ3v) is 5.50. The number of aromatic nitrogens is 2. The standard InChI is InChI=1S/C15H18N2O2S/c1-10-16-12-6-3-5-11(14(18)19)13(12)17(10)9-15(2)7-4-8-20-15/h3,5-6H,4,7-9H2,1-2H3,(H,18,19). The van der Waals surface area contributed by atoms with E-state index >= 15 is 0 Å². The molecule has 5 heteroatoms. The van der Waals surface area contributed by atoms with Crippen LogP contribution >= 0.6 is 11.8 Å². The van der Waals surface area contributed by atoms with Crippen LogP contribution in [0.4, 0.5) is 0 Å². The van der Waals surface area contributed by atoms with Crippen molar-refractivity contribution in [3.05, 3.63) is 29.6 Å². The number of fused-ring (bicyclic) bond motifs is 1. The van der Waals surface area contributed by atoms with Gasteiger partial charge in [-0.1, -0.05) is 6.07 Å². The molecule has 20 heavy (non-hydrogen) atoms. The minimum atomic E-state index is -0.888. The molecule has 0 radical (unpaired) electrons. The van der Waals surface area contributed by atoms with Crippen LogP contribution in [0.15, 0.2) is 18.2 Å². The van der Waals surface area contributed by atoms with E-state index in [1.807, 2.05) is 24.8 Å². The first-order valence-electron chi connectivity index (χ1n) is 6.83. The highest BCUT2D eigenvalue weighted by molar-refractivity contribution is 8.00. The number of hydrogen-bond acceptors (Lipinski definition) is 3. The fourth-order valence-electron chi connectivity index (χ4n) is 2.96. The first-order valence-corrected chi connectivity index (χ1v) is 7.82. The third kappa shape index (κ3) is 2.20. The third-order valence-electron chi connectivity index (χ3n) is 3.98. The number of nitrogens with zero attached hydrogens (tertiary/aromatic N) is 2. The molecule has 1 aliphatic rings. The zero-order valence-electron chi connectivity index (χ0n) is 11.7. The second-order valence-corrected chi connectivity index (χ2v) is 7.31. The Morgan fingerprint density at radius 2 is 2.35 bits per heavy atom. The van der Waals surface area contributed by atoms with E-state index in [2.05, 4.69) is 16.5 Å². The zero-order valence-corrected chi connectivity index (χ0v) is 12.5. The van der Waals surface area contributed by atoms with Gasteiger partial charge in [-0.2, -0.15) is 11.8 Å². The predicted molar refractivity (Wildman–Crippen MR) is 81.5 cm³/mol. The van der Waals surface area contributed by atoms with Crippen LogP contribution in [0.3, 0.4) is 0 Å². The fraction of sp³-hybridized carbons (Fsp3) is 0.467. The molecule has 0 spiro atoms. The Morgan fingerprint density at radius 3 is 3.00 bits per heavy atom. The molecule has 1 aromatic carbocycles. The van der Waals surface area contributed by atoms with E-state index in [9.17, 15) is 9.90 Å². The second-order valence-electron chi connectivity index (χ2n) is 5.63. The Kier molecular flexibility index (Phi) is 3.24. The van der Waals surface area contributed by atoms with E-state index in [0.717, 1.165) is 23.4 Å². The van der Waals surface area contributed by atoms with Crippen molar-refractivity contribution < 1.29 is 9.90 Å². The van der Waals surface area contributed by atoms with Crippen molar-refractivity contribution in [1.82, 2.24) is 9.55 Å². The molecule has 3 rings (SSSR count). The number of carboxylic acids is 1. The molecule has 0 amide bonds. The minimum Gasteiger partial charge on any atom is -0.478 e. The molecule has 1 unspecified atom stereocenters. The van der Waals surface area contributed by atoms with Crippen molar-refractivity contribution in [3.8, 4) is 0 Å². The molecular formula is C15H18N2O2S. The summed E-state index contributed by atoms with van der Waals surface area (Å²) in [6, 6.07) is 5.30. The molecular weight excluding hydrogens is 272 g/mol. The summed E-state index contributed by atoms with van der Waals surface area (Å²) >= 11 is 1.98. The largest absolute Gasteiger partial charge is 0.478 e. The van der Waals surface area contributed by atoms with Gasteiger partial charge in [-0.15, -0.1) is 0 Å². The van der Waals surface area contributed by atoms with Gasteiger partial charge in [0.25, 0.3) is 0 Å². The number of thioether (sulfide) groups is 1. The van der Waals surface area contributed by atoms with Gasteiger partial charge in [-0.05, 0) is 44.6 Å². The topological polar surface area (TPSA) is 55.1 Å². The Hall–Kier alpha value is -1.49. The molecule has 0 bridgehead atoms. The van der Waals surface area contributed by atoms with E-state index in [1.165, 1.54) is 18.6 Å². The quantitative estimate of drug-likeness (QED) is 0.942. The van der Waals surface area contributed by atoms with Gasteiger partial charge < -0.3 is 9.67 Å². The summed E-state index contributed by atoms with van der Waals surface area (Å²) in [4.78, 5) is 16.0. The summed E-state index contributed by atoms with van der Waals surface area (Å²) < 4.78 is 2.26. The van der Waals surface area contributed by atoms with Crippen LogP contribution in [0.1, 0.15) is 35.9 Å². The maximum Gasteiger partial charge on any atom is 0.337 e. The van der Waals surface area contributed by atoms with Crippen LogP contribution in [-0.2, 0) is 6.54 Å². The van der Waals surface area contributed by atoms with Crippen molar-refractivity contribution in [2.45, 2.75) is 38.0 Å². The first-order chi connectivity index (χ1) is 9.50. The van der Waals surface area contributed by atoms with Gasteiger partial charge in [0.2, 0.25) is 0 Å². The summed E-state index contributed by atoms with van der Waals surface area (Å²) in [5.41, 5.74) is 1.87. The SMILES string of the molecule is Cc1nc2cccc(C(=O)O)c2n1CC1(C)CCCS1. The van der Waals surface area contributed by atoms with E-state index in [0.29, 0.717) is 5.56 Å². The Balaban J connectivity index is 2.14. The lowest BCUT2D eigenvalue weighted by molar-refractivity contribution is 0.0698. The second kappa shape index (κ2) is 4.81. The van der Waals surface area contributed by atoms with E-state index < -0.39 is 5.97 Å². The highest BCUT2D eigenvalue weighted by Gasteiger charge is 2.31. The highest BCUT2D eigenvalue weighted by Crippen LogP contribution is 2.40. The molecule has 1 aliphatic heterocycles. The summed E-state index contributed by atoms with van der Waals surface area (Å²) in [7, 11) is 0. The van der Waals surface area contributed by atoms with Gasteiger partial charge in [-0.3, -0.25) is 0 Å². The van der Waals surface area contributed by atoms with Crippen LogP contribution in [-0.4, -0.2) is 31.1 Å². The lowest BCUT2D eigenvalue weighted by Crippen LogP contribution is -2.24. The average Bonchev–Trinajstić information content (AvgIpc) is 2.95. The molecule has 1 aromatic heterocycles. The Morgan fingerprint density at radius 1 is 1.55 bits per heavy atom. The molecule has 0 saturated carbocycles. The first kappa shape index (κ1) is 13.5. The van der Waals surface area contributed by atoms with Crippen LogP contribution in [0.2, 0.25) is 0 Å². The molecule has 106 valence electrons. The van der Waals surface area contributed by atoms with Crippen molar-refractivity contribution in [2.24, 2.45) is 0 Å². The summed E-state index contributed by atoms with van der Waals surface area (Å²) in [6.07, 6.45) is 2.41. The normalized spacial score (nSPS) is 22.5. The van der Waals surface area contributed by atoms with Gasteiger partial charge in [0.1, 0.15) is 5.82 Å².